The van der Waals surface area contributed by atoms with Gasteiger partial charge in [0.25, 0.3) is 0 Å². The summed E-state index contributed by atoms with van der Waals surface area (Å²) >= 11 is 0. The Balaban J connectivity index is 1.90. The van der Waals surface area contributed by atoms with Crippen LogP contribution in [0.5, 0.6) is 0 Å². The first-order chi connectivity index (χ1) is 9.39. The molecule has 2 aliphatic rings. The number of rotatable bonds is 3. The first-order valence-corrected chi connectivity index (χ1v) is 7.23. The van der Waals surface area contributed by atoms with E-state index in [-0.39, 0.29) is 12.3 Å². The third kappa shape index (κ3) is 4.17. The zero-order valence-electron chi connectivity index (χ0n) is 11.2. The number of hydrogen-bond acceptors (Lipinski definition) is 2. The van der Waals surface area contributed by atoms with Crippen LogP contribution in [0.15, 0.2) is 0 Å². The van der Waals surface area contributed by atoms with Crippen molar-refractivity contribution in [2.75, 3.05) is 0 Å². The van der Waals surface area contributed by atoms with Gasteiger partial charge in [-0.05, 0) is 56.8 Å². The lowest BCUT2D eigenvalue weighted by molar-refractivity contribution is -0.349. The molecule has 0 saturated heterocycles. The molecule has 20 heavy (non-hydrogen) atoms. The fraction of sp³-hybridized carbons (Fsp3) is 0.929. The number of carbonyl (C=O) groups excluding carboxylic acids is 1. The van der Waals surface area contributed by atoms with Gasteiger partial charge in [-0.1, -0.05) is 0 Å². The standard InChI is InChI=1S/C14H20F4O2/c15-12-4-1-9(2-5-12)10-3-6-13(11(7-10)8-19)20-14(16,17)18/h8-13H,1-7H2. The van der Waals surface area contributed by atoms with Crippen LogP contribution < -0.4 is 0 Å². The Morgan fingerprint density at radius 1 is 0.950 bits per heavy atom. The summed E-state index contributed by atoms with van der Waals surface area (Å²) in [5, 5.41) is 0. The van der Waals surface area contributed by atoms with E-state index in [0.29, 0.717) is 37.9 Å². The van der Waals surface area contributed by atoms with Gasteiger partial charge in [-0.25, -0.2) is 4.39 Å². The lowest BCUT2D eigenvalue weighted by atomic mass is 9.69. The van der Waals surface area contributed by atoms with Gasteiger partial charge in [0.1, 0.15) is 12.5 Å². The summed E-state index contributed by atoms with van der Waals surface area (Å²) in [5.41, 5.74) is 0. The summed E-state index contributed by atoms with van der Waals surface area (Å²) < 4.78 is 54.0. The third-order valence-corrected chi connectivity index (χ3v) is 4.70. The second kappa shape index (κ2) is 6.41. The van der Waals surface area contributed by atoms with Crippen molar-refractivity contribution in [2.24, 2.45) is 17.8 Å². The minimum Gasteiger partial charge on any atom is -0.303 e. The predicted molar refractivity (Wildman–Crippen MR) is 64.7 cm³/mol. The van der Waals surface area contributed by atoms with Crippen LogP contribution in [-0.2, 0) is 9.53 Å². The van der Waals surface area contributed by atoms with Crippen molar-refractivity contribution in [1.29, 1.82) is 0 Å². The number of carbonyl (C=O) groups is 1. The summed E-state index contributed by atoms with van der Waals surface area (Å²) in [6.07, 6.45) is -1.94. The Kier molecular flexibility index (Phi) is 5.04. The molecular weight excluding hydrogens is 276 g/mol. The smallest absolute Gasteiger partial charge is 0.303 e. The van der Waals surface area contributed by atoms with E-state index in [4.69, 9.17) is 0 Å². The highest BCUT2D eigenvalue weighted by atomic mass is 19.4. The number of aldehydes is 1. The van der Waals surface area contributed by atoms with E-state index in [9.17, 15) is 22.4 Å². The van der Waals surface area contributed by atoms with E-state index in [0.717, 1.165) is 12.8 Å². The summed E-state index contributed by atoms with van der Waals surface area (Å²) in [5.74, 6) is -0.124. The first-order valence-electron chi connectivity index (χ1n) is 7.23. The fourth-order valence-electron chi connectivity index (χ4n) is 3.65. The van der Waals surface area contributed by atoms with Crippen LogP contribution in [-0.4, -0.2) is 24.9 Å². The monoisotopic (exact) mass is 296 g/mol. The Hall–Kier alpha value is -0.650. The molecule has 3 atom stereocenters. The van der Waals surface area contributed by atoms with E-state index in [2.05, 4.69) is 4.74 Å². The molecular formula is C14H20F4O2. The Morgan fingerprint density at radius 3 is 2.10 bits per heavy atom. The lowest BCUT2D eigenvalue weighted by Gasteiger charge is -2.39. The molecule has 0 aromatic rings. The van der Waals surface area contributed by atoms with Gasteiger partial charge in [0, 0.05) is 5.92 Å². The van der Waals surface area contributed by atoms with E-state index >= 15 is 0 Å². The molecule has 0 aromatic carbocycles. The highest BCUT2D eigenvalue weighted by molar-refractivity contribution is 5.54. The van der Waals surface area contributed by atoms with Gasteiger partial charge in [-0.3, -0.25) is 4.74 Å². The minimum atomic E-state index is -4.69. The predicted octanol–water partition coefficient (Wildman–Crippen LogP) is 4.03. The molecule has 2 rings (SSSR count). The molecule has 0 heterocycles. The van der Waals surface area contributed by atoms with Crippen LogP contribution in [0.25, 0.3) is 0 Å². The molecule has 2 fully saturated rings. The maximum Gasteiger partial charge on any atom is 0.522 e. The second-order valence-electron chi connectivity index (χ2n) is 5.99. The summed E-state index contributed by atoms with van der Waals surface area (Å²) in [4.78, 5) is 11.0. The molecule has 2 aliphatic carbocycles. The van der Waals surface area contributed by atoms with Crippen molar-refractivity contribution in [1.82, 2.24) is 0 Å². The molecule has 6 heteroatoms. The second-order valence-corrected chi connectivity index (χ2v) is 5.99. The van der Waals surface area contributed by atoms with Crippen LogP contribution in [0.3, 0.4) is 0 Å². The molecule has 2 nitrogen and oxygen atoms in total. The van der Waals surface area contributed by atoms with Crippen molar-refractivity contribution < 1.29 is 27.1 Å². The average Bonchev–Trinajstić information content (AvgIpc) is 2.38. The Bertz CT molecular complexity index is 324. The first kappa shape index (κ1) is 15.7. The van der Waals surface area contributed by atoms with E-state index < -0.39 is 24.6 Å². The normalized spacial score (nSPS) is 39.5. The third-order valence-electron chi connectivity index (χ3n) is 4.70. The highest BCUT2D eigenvalue weighted by Gasteiger charge is 2.41. The molecule has 3 unspecified atom stereocenters. The van der Waals surface area contributed by atoms with Crippen LogP contribution in [0, 0.1) is 17.8 Å². The van der Waals surface area contributed by atoms with Crippen molar-refractivity contribution in [3.63, 3.8) is 0 Å². The van der Waals surface area contributed by atoms with Gasteiger partial charge in [-0.2, -0.15) is 0 Å². The van der Waals surface area contributed by atoms with Crippen molar-refractivity contribution >= 4 is 6.29 Å². The van der Waals surface area contributed by atoms with Gasteiger partial charge in [0.2, 0.25) is 0 Å². The molecule has 0 N–H and O–H groups in total. The number of ether oxygens (including phenoxy) is 1. The Morgan fingerprint density at radius 2 is 1.55 bits per heavy atom. The summed E-state index contributed by atoms with van der Waals surface area (Å²) in [6, 6.07) is 0. The number of alkyl halides is 4. The van der Waals surface area contributed by atoms with Gasteiger partial charge >= 0.3 is 6.36 Å². The minimum absolute atomic E-state index is 0.228. The van der Waals surface area contributed by atoms with Crippen LogP contribution in [0.4, 0.5) is 17.6 Å². The topological polar surface area (TPSA) is 26.3 Å². The molecule has 0 spiro atoms. The zero-order valence-corrected chi connectivity index (χ0v) is 11.2. The van der Waals surface area contributed by atoms with Gasteiger partial charge < -0.3 is 4.79 Å². The lowest BCUT2D eigenvalue weighted by Crippen LogP contribution is -2.38. The average molecular weight is 296 g/mol. The van der Waals surface area contributed by atoms with Crippen LogP contribution >= 0.6 is 0 Å². The van der Waals surface area contributed by atoms with E-state index in [1.807, 2.05) is 0 Å². The van der Waals surface area contributed by atoms with Gasteiger partial charge in [0.15, 0.2) is 0 Å². The molecule has 0 amide bonds. The fourth-order valence-corrected chi connectivity index (χ4v) is 3.65. The summed E-state index contributed by atoms with van der Waals surface area (Å²) in [7, 11) is 0. The molecule has 0 aromatic heterocycles. The van der Waals surface area contributed by atoms with Crippen LogP contribution in [0.1, 0.15) is 44.9 Å². The summed E-state index contributed by atoms with van der Waals surface area (Å²) in [6.45, 7) is 0. The van der Waals surface area contributed by atoms with Crippen LogP contribution in [0.2, 0.25) is 0 Å². The van der Waals surface area contributed by atoms with Gasteiger partial charge in [0.05, 0.1) is 6.10 Å². The maximum absolute atomic E-state index is 13.1. The highest BCUT2D eigenvalue weighted by Crippen LogP contribution is 2.42. The zero-order chi connectivity index (χ0) is 14.8. The Labute approximate surface area is 115 Å². The van der Waals surface area contributed by atoms with Crippen molar-refractivity contribution in [3.8, 4) is 0 Å². The number of hydrogen-bond donors (Lipinski definition) is 0. The molecule has 116 valence electrons. The quantitative estimate of drug-likeness (QED) is 0.580. The van der Waals surface area contributed by atoms with E-state index in [1.165, 1.54) is 0 Å². The number of halogens is 4. The maximum atomic E-state index is 13.1. The molecule has 0 bridgehead atoms. The SMILES string of the molecule is O=CC1CC(C2CCC(F)CC2)CCC1OC(F)(F)F. The van der Waals surface area contributed by atoms with E-state index in [1.54, 1.807) is 0 Å². The largest absolute Gasteiger partial charge is 0.522 e. The van der Waals surface area contributed by atoms with Crippen molar-refractivity contribution in [3.05, 3.63) is 0 Å². The van der Waals surface area contributed by atoms with Crippen molar-refractivity contribution in [2.45, 2.75) is 63.6 Å². The van der Waals surface area contributed by atoms with Gasteiger partial charge in [-0.15, -0.1) is 13.2 Å². The molecule has 0 aliphatic heterocycles. The molecule has 2 saturated carbocycles. The molecule has 0 radical (unpaired) electrons.